The fourth-order valence-corrected chi connectivity index (χ4v) is 3.51. The van der Waals surface area contributed by atoms with Crippen LogP contribution in [0.1, 0.15) is 21.6 Å². The van der Waals surface area contributed by atoms with Gasteiger partial charge in [-0.3, -0.25) is 9.78 Å². The lowest BCUT2D eigenvalue weighted by atomic mass is 10.1. The first kappa shape index (κ1) is 19.4. The topological polar surface area (TPSA) is 73.2 Å². The van der Waals surface area contributed by atoms with Gasteiger partial charge in [0.1, 0.15) is 0 Å². The lowest BCUT2D eigenvalue weighted by Crippen LogP contribution is -2.17. The Morgan fingerprint density at radius 2 is 1.77 bits per heavy atom. The van der Waals surface area contributed by atoms with E-state index in [1.165, 1.54) is 7.11 Å². The second-order valence-corrected chi connectivity index (χ2v) is 6.88. The van der Waals surface area contributed by atoms with Gasteiger partial charge in [0.15, 0.2) is 0 Å². The molecule has 1 N–H and O–H groups in total. The molecule has 0 fully saturated rings. The number of hydrogen-bond donors (Lipinski definition) is 1. The molecule has 0 saturated carbocycles. The molecule has 0 radical (unpaired) electrons. The molecule has 0 atom stereocenters. The first-order chi connectivity index (χ1) is 14.7. The normalized spacial score (nSPS) is 10.7. The van der Waals surface area contributed by atoms with Crippen molar-refractivity contribution in [2.45, 2.75) is 13.0 Å². The quantitative estimate of drug-likeness (QED) is 0.497. The van der Waals surface area contributed by atoms with Crippen molar-refractivity contribution in [2.24, 2.45) is 0 Å². The Labute approximate surface area is 174 Å². The van der Waals surface area contributed by atoms with E-state index in [1.54, 1.807) is 30.5 Å². The molecule has 0 saturated heterocycles. The van der Waals surface area contributed by atoms with Gasteiger partial charge in [-0.1, -0.05) is 36.4 Å². The number of benzene rings is 2. The SMILES string of the molecule is COC(=O)c1ccccc1NC(=O)Cc1cn(Cc2ccccn2)c2ccccc12. The number of esters is 1. The van der Waals surface area contributed by atoms with E-state index in [-0.39, 0.29) is 12.3 Å². The van der Waals surface area contributed by atoms with Crippen molar-refractivity contribution in [3.05, 3.63) is 95.9 Å². The number of para-hydroxylation sites is 2. The van der Waals surface area contributed by atoms with Crippen LogP contribution in [0.2, 0.25) is 0 Å². The molecular weight excluding hydrogens is 378 g/mol. The van der Waals surface area contributed by atoms with Gasteiger partial charge in [-0.25, -0.2) is 4.79 Å². The maximum Gasteiger partial charge on any atom is 0.339 e. The summed E-state index contributed by atoms with van der Waals surface area (Å²) in [5, 5.41) is 3.85. The van der Waals surface area contributed by atoms with Crippen LogP contribution < -0.4 is 5.32 Å². The molecule has 4 aromatic rings. The molecule has 1 amide bonds. The molecule has 6 nitrogen and oxygen atoms in total. The first-order valence-corrected chi connectivity index (χ1v) is 9.59. The second-order valence-electron chi connectivity index (χ2n) is 6.88. The molecule has 2 aromatic carbocycles. The second kappa shape index (κ2) is 8.61. The van der Waals surface area contributed by atoms with Crippen LogP contribution in [0.15, 0.2) is 79.1 Å². The molecule has 150 valence electrons. The zero-order chi connectivity index (χ0) is 20.9. The number of rotatable bonds is 6. The predicted octanol–water partition coefficient (Wildman–Crippen LogP) is 4.05. The highest BCUT2D eigenvalue weighted by atomic mass is 16.5. The summed E-state index contributed by atoms with van der Waals surface area (Å²) >= 11 is 0. The number of anilines is 1. The summed E-state index contributed by atoms with van der Waals surface area (Å²) < 4.78 is 6.89. The zero-order valence-electron chi connectivity index (χ0n) is 16.5. The van der Waals surface area contributed by atoms with E-state index in [4.69, 9.17) is 4.74 Å². The van der Waals surface area contributed by atoms with Gasteiger partial charge in [0, 0.05) is 23.3 Å². The number of hydrogen-bond acceptors (Lipinski definition) is 4. The molecule has 2 heterocycles. The van der Waals surface area contributed by atoms with E-state index >= 15 is 0 Å². The Bertz CT molecular complexity index is 1200. The summed E-state index contributed by atoms with van der Waals surface area (Å²) in [7, 11) is 1.32. The molecule has 0 unspecified atom stereocenters. The highest BCUT2D eigenvalue weighted by Gasteiger charge is 2.16. The lowest BCUT2D eigenvalue weighted by Gasteiger charge is -2.09. The van der Waals surface area contributed by atoms with Crippen molar-refractivity contribution in [2.75, 3.05) is 12.4 Å². The van der Waals surface area contributed by atoms with Crippen LogP contribution in [0.25, 0.3) is 10.9 Å². The van der Waals surface area contributed by atoms with E-state index in [1.807, 2.05) is 48.7 Å². The largest absolute Gasteiger partial charge is 0.465 e. The molecule has 0 spiro atoms. The summed E-state index contributed by atoms with van der Waals surface area (Å²) in [6, 6.07) is 20.6. The number of carbonyl (C=O) groups is 2. The van der Waals surface area contributed by atoms with Crippen LogP contribution in [0.5, 0.6) is 0 Å². The van der Waals surface area contributed by atoms with Crippen LogP contribution in [0.4, 0.5) is 5.69 Å². The highest BCUT2D eigenvalue weighted by Crippen LogP contribution is 2.23. The summed E-state index contributed by atoms with van der Waals surface area (Å²) in [6.07, 6.45) is 3.95. The smallest absolute Gasteiger partial charge is 0.339 e. The van der Waals surface area contributed by atoms with Gasteiger partial charge in [-0.05, 0) is 35.9 Å². The minimum Gasteiger partial charge on any atom is -0.465 e. The molecule has 2 aromatic heterocycles. The third kappa shape index (κ3) is 4.07. The molecule has 6 heteroatoms. The molecule has 0 aliphatic heterocycles. The number of fused-ring (bicyclic) bond motifs is 1. The maximum absolute atomic E-state index is 12.8. The fourth-order valence-electron chi connectivity index (χ4n) is 3.51. The average molecular weight is 399 g/mol. The molecule has 0 aliphatic rings. The lowest BCUT2D eigenvalue weighted by molar-refractivity contribution is -0.115. The number of methoxy groups -OCH3 is 1. The first-order valence-electron chi connectivity index (χ1n) is 9.59. The number of nitrogens with zero attached hydrogens (tertiary/aromatic N) is 2. The standard InChI is InChI=1S/C24H21N3O3/c1-30-24(29)20-10-2-4-11-21(20)26-23(28)14-17-15-27(16-18-8-6-7-13-25-18)22-12-5-3-9-19(17)22/h2-13,15H,14,16H2,1H3,(H,26,28). The number of ether oxygens (including phenoxy) is 1. The number of carbonyl (C=O) groups excluding carboxylic acids is 2. The molecule has 4 rings (SSSR count). The van der Waals surface area contributed by atoms with E-state index < -0.39 is 5.97 Å². The number of aromatic nitrogens is 2. The van der Waals surface area contributed by atoms with Crippen molar-refractivity contribution in [1.82, 2.24) is 9.55 Å². The van der Waals surface area contributed by atoms with E-state index in [2.05, 4.69) is 14.9 Å². The van der Waals surface area contributed by atoms with Crippen molar-refractivity contribution < 1.29 is 14.3 Å². The molecule has 30 heavy (non-hydrogen) atoms. The fraction of sp³-hybridized carbons (Fsp3) is 0.125. The van der Waals surface area contributed by atoms with Gasteiger partial charge in [0.05, 0.1) is 37.0 Å². The Balaban J connectivity index is 1.59. The minimum absolute atomic E-state index is 0.186. The Hall–Kier alpha value is -3.93. The number of nitrogens with one attached hydrogen (secondary N) is 1. The Morgan fingerprint density at radius 3 is 2.57 bits per heavy atom. The zero-order valence-corrected chi connectivity index (χ0v) is 16.5. The van der Waals surface area contributed by atoms with Gasteiger partial charge in [0.2, 0.25) is 5.91 Å². The van der Waals surface area contributed by atoms with Crippen LogP contribution >= 0.6 is 0 Å². The van der Waals surface area contributed by atoms with Crippen molar-refractivity contribution in [3.8, 4) is 0 Å². The van der Waals surface area contributed by atoms with Gasteiger partial charge >= 0.3 is 5.97 Å². The maximum atomic E-state index is 12.8. The molecular formula is C24H21N3O3. The predicted molar refractivity (Wildman–Crippen MR) is 115 cm³/mol. The Kier molecular flexibility index (Phi) is 5.57. The number of pyridine rings is 1. The summed E-state index contributed by atoms with van der Waals surface area (Å²) in [4.78, 5) is 29.1. The monoisotopic (exact) mass is 399 g/mol. The minimum atomic E-state index is -0.488. The van der Waals surface area contributed by atoms with Gasteiger partial charge in [0.25, 0.3) is 0 Å². The average Bonchev–Trinajstić information content (AvgIpc) is 3.11. The Morgan fingerprint density at radius 1 is 1.00 bits per heavy atom. The van der Waals surface area contributed by atoms with E-state index in [9.17, 15) is 9.59 Å². The summed E-state index contributed by atoms with van der Waals surface area (Å²) in [5.41, 5.74) is 3.66. The summed E-state index contributed by atoms with van der Waals surface area (Å²) in [6.45, 7) is 0.619. The van der Waals surface area contributed by atoms with Gasteiger partial charge in [-0.15, -0.1) is 0 Å². The summed E-state index contributed by atoms with van der Waals surface area (Å²) in [5.74, 6) is -0.690. The van der Waals surface area contributed by atoms with E-state index in [0.717, 1.165) is 22.2 Å². The van der Waals surface area contributed by atoms with Crippen LogP contribution in [-0.4, -0.2) is 28.5 Å². The van der Waals surface area contributed by atoms with Gasteiger partial charge < -0.3 is 14.6 Å². The molecule has 0 bridgehead atoms. The van der Waals surface area contributed by atoms with Crippen LogP contribution in [0.3, 0.4) is 0 Å². The molecule has 0 aliphatic carbocycles. The van der Waals surface area contributed by atoms with Gasteiger partial charge in [-0.2, -0.15) is 0 Å². The third-order valence-electron chi connectivity index (χ3n) is 4.89. The van der Waals surface area contributed by atoms with Crippen molar-refractivity contribution in [3.63, 3.8) is 0 Å². The van der Waals surface area contributed by atoms with Crippen LogP contribution in [-0.2, 0) is 22.5 Å². The number of amides is 1. The highest BCUT2D eigenvalue weighted by molar-refractivity contribution is 6.02. The van der Waals surface area contributed by atoms with E-state index in [0.29, 0.717) is 17.8 Å². The van der Waals surface area contributed by atoms with Crippen molar-refractivity contribution in [1.29, 1.82) is 0 Å². The van der Waals surface area contributed by atoms with Crippen LogP contribution in [0, 0.1) is 0 Å². The third-order valence-corrected chi connectivity index (χ3v) is 4.89. The van der Waals surface area contributed by atoms with Crippen molar-refractivity contribution >= 4 is 28.5 Å².